The Kier molecular flexibility index (Phi) is 4.31. The lowest BCUT2D eigenvalue weighted by Crippen LogP contribution is -2.35. The average Bonchev–Trinajstić information content (AvgIpc) is 3.38. The second-order valence-electron chi connectivity index (χ2n) is 6.56. The maximum absolute atomic E-state index is 13.1. The Labute approximate surface area is 146 Å². The van der Waals surface area contributed by atoms with E-state index in [1.807, 2.05) is 9.47 Å². The Balaban J connectivity index is 1.56. The van der Waals surface area contributed by atoms with Crippen molar-refractivity contribution >= 4 is 17.7 Å². The number of carbonyl (C=O) groups excluding carboxylic acids is 1. The molecule has 1 amide bonds. The minimum Gasteiger partial charge on any atom is -0.329 e. The van der Waals surface area contributed by atoms with Crippen molar-refractivity contribution in [2.75, 3.05) is 6.26 Å². The quantitative estimate of drug-likeness (QED) is 0.783. The van der Waals surface area contributed by atoms with Gasteiger partial charge in [-0.2, -0.15) is 0 Å². The van der Waals surface area contributed by atoms with Crippen molar-refractivity contribution in [1.29, 1.82) is 0 Å². The number of rotatable bonds is 5. The van der Waals surface area contributed by atoms with Crippen LogP contribution in [0.1, 0.15) is 47.7 Å². The van der Waals surface area contributed by atoms with Gasteiger partial charge in [0.25, 0.3) is 5.91 Å². The second-order valence-corrected chi connectivity index (χ2v) is 7.44. The van der Waals surface area contributed by atoms with Crippen molar-refractivity contribution in [3.05, 3.63) is 41.5 Å². The molecular weight excluding hydrogens is 320 g/mol. The maximum Gasteiger partial charge on any atom is 0.292 e. The molecule has 0 unspecified atom stereocenters. The first-order valence-corrected chi connectivity index (χ1v) is 9.84. The van der Waals surface area contributed by atoms with Crippen LogP contribution in [0.15, 0.2) is 29.2 Å². The van der Waals surface area contributed by atoms with E-state index in [-0.39, 0.29) is 5.91 Å². The molecule has 1 aliphatic carbocycles. The van der Waals surface area contributed by atoms with Crippen LogP contribution >= 0.6 is 11.8 Å². The van der Waals surface area contributed by atoms with E-state index in [0.717, 1.165) is 44.5 Å². The number of amides is 1. The lowest BCUT2D eigenvalue weighted by Gasteiger charge is -2.23. The first-order chi connectivity index (χ1) is 11.8. The Bertz CT molecular complexity index is 736. The fourth-order valence-electron chi connectivity index (χ4n) is 3.28. The number of fused-ring (bicyclic) bond motifs is 1. The zero-order chi connectivity index (χ0) is 16.5. The van der Waals surface area contributed by atoms with Crippen LogP contribution in [0.25, 0.3) is 0 Å². The van der Waals surface area contributed by atoms with Crippen molar-refractivity contribution < 1.29 is 4.79 Å². The zero-order valence-electron chi connectivity index (χ0n) is 13.9. The SMILES string of the molecule is CSc1ccc(CN(C(=O)c2nnc3n2CCCC3)C2CC2)cc1. The van der Waals surface area contributed by atoms with Gasteiger partial charge in [-0.25, -0.2) is 0 Å². The molecule has 2 heterocycles. The molecule has 1 aliphatic heterocycles. The lowest BCUT2D eigenvalue weighted by molar-refractivity contribution is 0.0710. The van der Waals surface area contributed by atoms with Gasteiger partial charge in [-0.3, -0.25) is 4.79 Å². The Hall–Kier alpha value is -1.82. The molecule has 1 fully saturated rings. The Morgan fingerprint density at radius 2 is 2.04 bits per heavy atom. The van der Waals surface area contributed by atoms with Gasteiger partial charge < -0.3 is 9.47 Å². The van der Waals surface area contributed by atoms with Crippen LogP contribution in [-0.2, 0) is 19.5 Å². The lowest BCUT2D eigenvalue weighted by atomic mass is 10.1. The van der Waals surface area contributed by atoms with E-state index in [1.165, 1.54) is 10.5 Å². The van der Waals surface area contributed by atoms with Gasteiger partial charge in [0.1, 0.15) is 5.82 Å². The summed E-state index contributed by atoms with van der Waals surface area (Å²) in [4.78, 5) is 16.3. The smallest absolute Gasteiger partial charge is 0.292 e. The monoisotopic (exact) mass is 342 g/mol. The molecule has 0 atom stereocenters. The predicted molar refractivity (Wildman–Crippen MR) is 94.1 cm³/mol. The molecule has 1 aromatic heterocycles. The number of aryl methyl sites for hydroxylation is 1. The van der Waals surface area contributed by atoms with Gasteiger partial charge in [0.15, 0.2) is 0 Å². The van der Waals surface area contributed by atoms with Gasteiger partial charge in [-0.15, -0.1) is 22.0 Å². The summed E-state index contributed by atoms with van der Waals surface area (Å²) >= 11 is 1.73. The number of aromatic nitrogens is 3. The Morgan fingerprint density at radius 3 is 2.75 bits per heavy atom. The van der Waals surface area contributed by atoms with E-state index < -0.39 is 0 Å². The molecule has 5 nitrogen and oxygen atoms in total. The van der Waals surface area contributed by atoms with Gasteiger partial charge in [-0.1, -0.05) is 12.1 Å². The summed E-state index contributed by atoms with van der Waals surface area (Å²) in [6, 6.07) is 8.83. The van der Waals surface area contributed by atoms with Gasteiger partial charge in [0, 0.05) is 30.4 Å². The first-order valence-electron chi connectivity index (χ1n) is 8.62. The average molecular weight is 342 g/mol. The van der Waals surface area contributed by atoms with E-state index in [0.29, 0.717) is 18.4 Å². The normalized spacial score (nSPS) is 16.7. The van der Waals surface area contributed by atoms with Crippen molar-refractivity contribution in [1.82, 2.24) is 19.7 Å². The highest BCUT2D eigenvalue weighted by Gasteiger charge is 2.35. The molecule has 0 radical (unpaired) electrons. The van der Waals surface area contributed by atoms with Gasteiger partial charge >= 0.3 is 0 Å². The third kappa shape index (κ3) is 3.07. The minimum atomic E-state index is 0.0343. The summed E-state index contributed by atoms with van der Waals surface area (Å²) in [5.74, 6) is 1.52. The molecule has 6 heteroatoms. The van der Waals surface area contributed by atoms with Gasteiger partial charge in [0.2, 0.25) is 5.82 Å². The fraction of sp³-hybridized carbons (Fsp3) is 0.500. The Morgan fingerprint density at radius 1 is 1.25 bits per heavy atom. The molecular formula is C18H22N4OS. The molecule has 1 saturated carbocycles. The maximum atomic E-state index is 13.1. The van der Waals surface area contributed by atoms with Crippen LogP contribution in [0.3, 0.4) is 0 Å². The third-order valence-electron chi connectivity index (χ3n) is 4.81. The molecule has 1 aromatic carbocycles. The molecule has 2 aliphatic rings. The number of hydrogen-bond acceptors (Lipinski definition) is 4. The summed E-state index contributed by atoms with van der Waals surface area (Å²) in [6.45, 7) is 1.52. The first kappa shape index (κ1) is 15.7. The number of nitrogens with zero attached hydrogens (tertiary/aromatic N) is 4. The fourth-order valence-corrected chi connectivity index (χ4v) is 3.68. The van der Waals surface area contributed by atoms with Crippen molar-refractivity contribution in [2.45, 2.75) is 56.1 Å². The van der Waals surface area contributed by atoms with Gasteiger partial charge in [-0.05, 0) is 49.6 Å². The summed E-state index contributed by atoms with van der Waals surface area (Å²) in [5.41, 5.74) is 1.17. The topological polar surface area (TPSA) is 51.0 Å². The minimum absolute atomic E-state index is 0.0343. The summed E-state index contributed by atoms with van der Waals surface area (Å²) < 4.78 is 2.03. The van der Waals surface area contributed by atoms with Crippen LogP contribution in [0.5, 0.6) is 0 Å². The molecule has 0 spiro atoms. The molecule has 0 bridgehead atoms. The van der Waals surface area contributed by atoms with E-state index in [2.05, 4.69) is 40.7 Å². The number of carbonyl (C=O) groups is 1. The van der Waals surface area contributed by atoms with E-state index >= 15 is 0 Å². The van der Waals surface area contributed by atoms with Crippen molar-refractivity contribution in [2.24, 2.45) is 0 Å². The second kappa shape index (κ2) is 6.59. The van der Waals surface area contributed by atoms with Crippen LogP contribution in [0.2, 0.25) is 0 Å². The van der Waals surface area contributed by atoms with E-state index in [1.54, 1.807) is 11.8 Å². The molecule has 2 aromatic rings. The van der Waals surface area contributed by atoms with Crippen molar-refractivity contribution in [3.63, 3.8) is 0 Å². The van der Waals surface area contributed by atoms with Crippen LogP contribution in [0, 0.1) is 0 Å². The predicted octanol–water partition coefficient (Wildman–Crippen LogP) is 3.14. The highest BCUT2D eigenvalue weighted by molar-refractivity contribution is 7.98. The zero-order valence-corrected chi connectivity index (χ0v) is 14.8. The highest BCUT2D eigenvalue weighted by Crippen LogP contribution is 2.30. The van der Waals surface area contributed by atoms with Gasteiger partial charge in [0.05, 0.1) is 0 Å². The third-order valence-corrected chi connectivity index (χ3v) is 5.55. The molecule has 0 N–H and O–H groups in total. The van der Waals surface area contributed by atoms with Crippen LogP contribution < -0.4 is 0 Å². The highest BCUT2D eigenvalue weighted by atomic mass is 32.2. The van der Waals surface area contributed by atoms with Crippen molar-refractivity contribution in [3.8, 4) is 0 Å². The molecule has 126 valence electrons. The van der Waals surface area contributed by atoms with Crippen LogP contribution in [-0.4, -0.2) is 37.9 Å². The summed E-state index contributed by atoms with van der Waals surface area (Å²) in [6.07, 6.45) is 7.43. The number of thioether (sulfide) groups is 1. The van der Waals surface area contributed by atoms with Crippen LogP contribution in [0.4, 0.5) is 0 Å². The van der Waals surface area contributed by atoms with E-state index in [4.69, 9.17) is 0 Å². The number of benzene rings is 1. The van der Waals surface area contributed by atoms with E-state index in [9.17, 15) is 4.79 Å². The molecule has 24 heavy (non-hydrogen) atoms. The standard InChI is InChI=1S/C18H22N4OS/c1-24-15-9-5-13(6-10-15)12-22(14-7-8-14)18(23)17-20-19-16-4-2-3-11-21(16)17/h5-6,9-10,14H,2-4,7-8,11-12H2,1H3. The largest absolute Gasteiger partial charge is 0.329 e. The molecule has 0 saturated heterocycles. The number of hydrogen-bond donors (Lipinski definition) is 0. The summed E-state index contributed by atoms with van der Waals surface area (Å²) in [7, 11) is 0. The molecule has 4 rings (SSSR count). The summed E-state index contributed by atoms with van der Waals surface area (Å²) in [5, 5.41) is 8.45.